The van der Waals surface area contributed by atoms with E-state index in [1.807, 2.05) is 0 Å². The number of aliphatic hydroxyl groups is 10. The molecule has 4 saturated carbocycles. The number of fused-ring (bicyclic) bond motifs is 7. The lowest BCUT2D eigenvalue weighted by Gasteiger charge is -2.71. The van der Waals surface area contributed by atoms with Gasteiger partial charge in [0, 0.05) is 0 Å². The number of ether oxygens (including phenoxy) is 6. The molecule has 0 amide bonds. The Morgan fingerprint density at radius 1 is 0.642 bits per heavy atom. The lowest BCUT2D eigenvalue weighted by Crippen LogP contribution is -2.67. The van der Waals surface area contributed by atoms with Crippen molar-refractivity contribution in [3.05, 3.63) is 11.6 Å². The van der Waals surface area contributed by atoms with Gasteiger partial charge in [0.05, 0.1) is 24.7 Å². The third kappa shape index (κ3) is 8.06. The Kier molecular flexibility index (Phi) is 13.8. The van der Waals surface area contributed by atoms with Crippen molar-refractivity contribution in [2.24, 2.45) is 50.2 Å². The fourth-order valence-corrected chi connectivity index (χ4v) is 15.0. The molecule has 67 heavy (non-hydrogen) atoms. The zero-order valence-corrected chi connectivity index (χ0v) is 39.7. The summed E-state index contributed by atoms with van der Waals surface area (Å²) in [4.78, 5) is 27.0. The smallest absolute Gasteiger partial charge is 0.335 e. The first kappa shape index (κ1) is 51.4. The minimum Gasteiger partial charge on any atom is -0.479 e. The van der Waals surface area contributed by atoms with Crippen LogP contribution in [0.15, 0.2) is 11.6 Å². The Balaban J connectivity index is 1.05. The molecule has 0 aromatic rings. The highest BCUT2D eigenvalue weighted by molar-refractivity contribution is 5.79. The Morgan fingerprint density at radius 2 is 1.24 bits per heavy atom. The average molecular weight is 957 g/mol. The second-order valence-electron chi connectivity index (χ2n) is 23.5. The lowest BCUT2D eigenvalue weighted by atomic mass is 9.33. The van der Waals surface area contributed by atoms with Crippen LogP contribution in [0, 0.1) is 50.2 Å². The Morgan fingerprint density at radius 3 is 1.85 bits per heavy atom. The van der Waals surface area contributed by atoms with Crippen LogP contribution in [-0.4, -0.2) is 180 Å². The van der Waals surface area contributed by atoms with E-state index in [1.54, 1.807) is 0 Å². The molecule has 3 aliphatic heterocycles. The van der Waals surface area contributed by atoms with Gasteiger partial charge in [-0.25, -0.2) is 4.79 Å². The molecule has 382 valence electrons. The van der Waals surface area contributed by atoms with Crippen molar-refractivity contribution in [1.29, 1.82) is 0 Å². The molecular formula is C48H76O19. The van der Waals surface area contributed by atoms with Crippen molar-refractivity contribution in [1.82, 2.24) is 0 Å². The molecule has 19 heteroatoms. The van der Waals surface area contributed by atoms with Gasteiger partial charge in [-0.15, -0.1) is 0 Å². The summed E-state index contributed by atoms with van der Waals surface area (Å²) >= 11 is 0. The first-order chi connectivity index (χ1) is 31.2. The minimum absolute atomic E-state index is 0.0828. The first-order valence-electron chi connectivity index (χ1n) is 24.3. The molecule has 0 aromatic carbocycles. The number of hydrogen-bond donors (Lipinski definition) is 11. The molecule has 5 aliphatic carbocycles. The third-order valence-corrected chi connectivity index (χ3v) is 19.3. The molecule has 19 nitrogen and oxygen atoms in total. The van der Waals surface area contributed by atoms with Gasteiger partial charge in [0.25, 0.3) is 0 Å². The van der Waals surface area contributed by atoms with Crippen molar-refractivity contribution < 1.29 is 94.2 Å². The molecule has 23 atom stereocenters. The summed E-state index contributed by atoms with van der Waals surface area (Å²) in [6.07, 6.45) is -16.4. The van der Waals surface area contributed by atoms with Crippen LogP contribution in [0.3, 0.4) is 0 Å². The zero-order valence-electron chi connectivity index (χ0n) is 39.7. The summed E-state index contributed by atoms with van der Waals surface area (Å²) in [5.74, 6) is -1.94. The number of aliphatic hydroxyl groups excluding tert-OH is 10. The van der Waals surface area contributed by atoms with Gasteiger partial charge >= 0.3 is 11.9 Å². The monoisotopic (exact) mass is 956 g/mol. The van der Waals surface area contributed by atoms with E-state index in [4.69, 9.17) is 28.4 Å². The molecule has 0 spiro atoms. The Hall–Kier alpha value is -1.92. The van der Waals surface area contributed by atoms with Crippen LogP contribution in [0.4, 0.5) is 0 Å². The van der Waals surface area contributed by atoms with Crippen LogP contribution in [0.25, 0.3) is 0 Å². The molecule has 0 bridgehead atoms. The van der Waals surface area contributed by atoms with Crippen LogP contribution < -0.4 is 0 Å². The molecule has 0 aromatic heterocycles. The third-order valence-electron chi connectivity index (χ3n) is 19.3. The second kappa shape index (κ2) is 18.0. The number of esters is 1. The van der Waals surface area contributed by atoms with Gasteiger partial charge in [0.15, 0.2) is 18.7 Å². The molecule has 11 N–H and O–H groups in total. The highest BCUT2D eigenvalue weighted by atomic mass is 16.8. The van der Waals surface area contributed by atoms with E-state index in [0.717, 1.165) is 38.5 Å². The number of allylic oxidation sites excluding steroid dienone is 2. The van der Waals surface area contributed by atoms with Gasteiger partial charge in [-0.1, -0.05) is 60.1 Å². The predicted octanol–water partition coefficient (Wildman–Crippen LogP) is 0.233. The fraction of sp³-hybridized carbons (Fsp3) is 0.917. The van der Waals surface area contributed by atoms with E-state index >= 15 is 0 Å². The van der Waals surface area contributed by atoms with Gasteiger partial charge < -0.3 is 84.6 Å². The molecule has 0 unspecified atom stereocenters. The van der Waals surface area contributed by atoms with Gasteiger partial charge in [0.2, 0.25) is 6.29 Å². The van der Waals surface area contributed by atoms with E-state index < -0.39 is 134 Å². The minimum atomic E-state index is -1.98. The normalized spacial score (nSPS) is 52.6. The largest absolute Gasteiger partial charge is 0.479 e. The van der Waals surface area contributed by atoms with Crippen molar-refractivity contribution in [3.63, 3.8) is 0 Å². The van der Waals surface area contributed by atoms with E-state index in [1.165, 1.54) is 5.57 Å². The average Bonchev–Trinajstić information content (AvgIpc) is 3.26. The van der Waals surface area contributed by atoms with Crippen molar-refractivity contribution >= 4 is 11.9 Å². The molecule has 3 saturated heterocycles. The van der Waals surface area contributed by atoms with Crippen LogP contribution >= 0.6 is 0 Å². The number of rotatable bonds is 9. The summed E-state index contributed by atoms with van der Waals surface area (Å²) in [5, 5.41) is 115. The summed E-state index contributed by atoms with van der Waals surface area (Å²) in [6.45, 7) is 14.4. The van der Waals surface area contributed by atoms with E-state index in [2.05, 4.69) is 54.5 Å². The maximum Gasteiger partial charge on any atom is 0.335 e. The van der Waals surface area contributed by atoms with Gasteiger partial charge in [-0.2, -0.15) is 0 Å². The van der Waals surface area contributed by atoms with Crippen LogP contribution in [0.5, 0.6) is 0 Å². The van der Waals surface area contributed by atoms with Crippen molar-refractivity contribution in [2.45, 2.75) is 211 Å². The van der Waals surface area contributed by atoms with E-state index in [0.29, 0.717) is 25.7 Å². The zero-order chi connectivity index (χ0) is 49.1. The number of carboxylic acid groups (broad SMARTS) is 1. The van der Waals surface area contributed by atoms with Crippen LogP contribution in [0.2, 0.25) is 0 Å². The number of hydrogen-bond acceptors (Lipinski definition) is 18. The molecule has 7 fully saturated rings. The summed E-state index contributed by atoms with van der Waals surface area (Å²) in [6, 6.07) is 0. The van der Waals surface area contributed by atoms with E-state index in [-0.39, 0.29) is 39.4 Å². The molecular weight excluding hydrogens is 881 g/mol. The standard InChI is InChI=1S/C48H76O19/c1-43(2)14-16-48(42(61)67-40-35(58)31(54)29(52)24(20-50)63-40)17-15-46(6)21(22(48)18-43)8-9-26-45(5)12-11-27(44(3,4)25(45)10-13-47(26,46)7)64-41-37(33(56)32(55)36(65-41)38(59)60)66-39-34(57)30(53)28(51)23(19-49)62-39/h8,22-37,39-41,49-58H,9-20H2,1-7H3,(H,59,60)/t22-,23+,24+,25-,26+,27-,28-,29+,30-,31-,32-,33-,34+,35+,36-,37+,39-,40+,41+,45-,46+,47+,48-/m0/s1. The topological polar surface area (TPSA) is 312 Å². The highest BCUT2D eigenvalue weighted by Gasteiger charge is 2.70. The second-order valence-corrected chi connectivity index (χ2v) is 23.5. The quantitative estimate of drug-likeness (QED) is 0.0838. The Bertz CT molecular complexity index is 1870. The SMILES string of the molecule is CC1(C)CC[C@]2(C(=O)O[C@H]3O[C@H](CO)[C@@H](O)[C@H](O)[C@H]3O)CC[C@]3(C)C(=CC[C@@H]4[C@@]5(C)CC[C@H](O[C@@H]6O[C@H](C(=O)O)[C@@H](O)[C@H](O)[C@H]6O[C@@H]6O[C@H](CO)[C@H](O)[C@H](O)[C@H]6O)C(C)(C)[C@@H]5CC[C@]43C)[C@@H]2C1. The molecule has 0 radical (unpaired) electrons. The fourth-order valence-electron chi connectivity index (χ4n) is 15.0. The van der Waals surface area contributed by atoms with Crippen molar-refractivity contribution in [3.8, 4) is 0 Å². The molecule has 3 heterocycles. The summed E-state index contributed by atoms with van der Waals surface area (Å²) in [5.41, 5.74) is -1.05. The van der Waals surface area contributed by atoms with E-state index in [9.17, 15) is 65.8 Å². The Labute approximate surface area is 391 Å². The number of aliphatic carboxylic acids is 1. The maximum absolute atomic E-state index is 14.7. The number of carboxylic acids is 1. The number of carbonyl (C=O) groups is 2. The van der Waals surface area contributed by atoms with Crippen LogP contribution in [0.1, 0.15) is 113 Å². The number of carbonyl (C=O) groups excluding carboxylic acids is 1. The maximum atomic E-state index is 14.7. The molecule has 8 aliphatic rings. The summed E-state index contributed by atoms with van der Waals surface area (Å²) < 4.78 is 35.7. The van der Waals surface area contributed by atoms with Gasteiger partial charge in [-0.05, 0) is 109 Å². The predicted molar refractivity (Wildman–Crippen MR) is 231 cm³/mol. The summed E-state index contributed by atoms with van der Waals surface area (Å²) in [7, 11) is 0. The van der Waals surface area contributed by atoms with Gasteiger partial charge in [-0.3, -0.25) is 4.79 Å². The van der Waals surface area contributed by atoms with Crippen molar-refractivity contribution in [2.75, 3.05) is 13.2 Å². The van der Waals surface area contributed by atoms with Crippen LogP contribution in [-0.2, 0) is 38.0 Å². The first-order valence-corrected chi connectivity index (χ1v) is 24.3. The lowest BCUT2D eigenvalue weighted by molar-refractivity contribution is -0.374. The van der Waals surface area contributed by atoms with Gasteiger partial charge in [0.1, 0.15) is 67.1 Å². The highest BCUT2D eigenvalue weighted by Crippen LogP contribution is 2.76. The molecule has 8 rings (SSSR count).